The van der Waals surface area contributed by atoms with Gasteiger partial charge in [-0.2, -0.15) is 0 Å². The molecule has 1 atom stereocenters. The summed E-state index contributed by atoms with van der Waals surface area (Å²) in [6.45, 7) is 9.57. The lowest BCUT2D eigenvalue weighted by atomic mass is 9.94. The molecule has 0 heterocycles. The monoisotopic (exact) mass is 436 g/mol. The van der Waals surface area contributed by atoms with Gasteiger partial charge in [-0.05, 0) is 76.5 Å². The number of halogens is 2. The fourth-order valence-corrected chi connectivity index (χ4v) is 4.10. The Morgan fingerprint density at radius 2 is 2.03 bits per heavy atom. The van der Waals surface area contributed by atoms with Gasteiger partial charge >= 0.3 is 5.97 Å². The van der Waals surface area contributed by atoms with Gasteiger partial charge in [-0.3, -0.25) is 9.59 Å². The van der Waals surface area contributed by atoms with Gasteiger partial charge in [0.05, 0.1) is 6.42 Å². The summed E-state index contributed by atoms with van der Waals surface area (Å²) in [5.41, 5.74) is 2.40. The average Bonchev–Trinajstić information content (AvgIpc) is 2.65. The van der Waals surface area contributed by atoms with Gasteiger partial charge in [-0.15, -0.1) is 0 Å². The van der Waals surface area contributed by atoms with Gasteiger partial charge in [-0.25, -0.2) is 0 Å². The third-order valence-corrected chi connectivity index (χ3v) is 5.54. The van der Waals surface area contributed by atoms with Crippen LogP contribution in [-0.2, 0) is 14.3 Å². The topological polar surface area (TPSA) is 43.4 Å². The predicted molar refractivity (Wildman–Crippen MR) is 120 cm³/mol. The minimum atomic E-state index is -0.506. The van der Waals surface area contributed by atoms with Crippen molar-refractivity contribution in [2.45, 2.75) is 71.3 Å². The van der Waals surface area contributed by atoms with Crippen LogP contribution in [-0.4, -0.2) is 17.4 Å². The number of ketones is 1. The van der Waals surface area contributed by atoms with Crippen LogP contribution in [0.4, 0.5) is 0 Å². The molecule has 0 N–H and O–H groups in total. The molecule has 5 heteroatoms. The second-order valence-corrected chi connectivity index (χ2v) is 9.61. The second-order valence-electron chi connectivity index (χ2n) is 8.75. The summed E-state index contributed by atoms with van der Waals surface area (Å²) in [6.07, 6.45) is 11.6. The van der Waals surface area contributed by atoms with Gasteiger partial charge in [0.1, 0.15) is 5.60 Å². The van der Waals surface area contributed by atoms with E-state index in [9.17, 15) is 9.59 Å². The smallest absolute Gasteiger partial charge is 0.306 e. The number of hydrogen-bond acceptors (Lipinski definition) is 3. The SMILES string of the molecule is C=C1CC=C(Cl)C(C/C2=C/C(=O)C=CC(CC(=O)OC(C)(C)C)CCC2)=C(Cl)C1. The van der Waals surface area contributed by atoms with Crippen LogP contribution >= 0.6 is 23.2 Å². The molecule has 0 fully saturated rings. The quantitative estimate of drug-likeness (QED) is 0.354. The Labute approximate surface area is 184 Å². The highest BCUT2D eigenvalue weighted by Gasteiger charge is 2.21. The number of rotatable bonds is 4. The van der Waals surface area contributed by atoms with E-state index in [0.717, 1.165) is 36.0 Å². The highest BCUT2D eigenvalue weighted by Crippen LogP contribution is 2.36. The number of carbonyl (C=O) groups is 2. The van der Waals surface area contributed by atoms with E-state index in [4.69, 9.17) is 27.9 Å². The molecule has 2 aliphatic carbocycles. The maximum Gasteiger partial charge on any atom is 0.306 e. The van der Waals surface area contributed by atoms with Crippen molar-refractivity contribution in [2.24, 2.45) is 5.92 Å². The third-order valence-electron chi connectivity index (χ3n) is 4.80. The van der Waals surface area contributed by atoms with Crippen LogP contribution in [0.2, 0.25) is 0 Å². The van der Waals surface area contributed by atoms with E-state index in [1.807, 2.05) is 32.9 Å². The zero-order chi connectivity index (χ0) is 21.6. The normalized spacial score (nSPS) is 23.4. The molecule has 0 aromatic heterocycles. The maximum atomic E-state index is 12.4. The van der Waals surface area contributed by atoms with Gasteiger partial charge in [0.2, 0.25) is 0 Å². The van der Waals surface area contributed by atoms with E-state index in [1.54, 1.807) is 12.2 Å². The molecular formula is C24H30Cl2O3. The molecule has 0 saturated carbocycles. The molecule has 0 aliphatic heterocycles. The lowest BCUT2D eigenvalue weighted by Crippen LogP contribution is -2.25. The summed E-state index contributed by atoms with van der Waals surface area (Å²) < 4.78 is 5.42. The maximum absolute atomic E-state index is 12.4. The molecular weight excluding hydrogens is 407 g/mol. The Kier molecular flexibility index (Phi) is 8.54. The zero-order valence-electron chi connectivity index (χ0n) is 17.5. The molecule has 0 bridgehead atoms. The summed E-state index contributed by atoms with van der Waals surface area (Å²) in [5, 5.41) is 1.33. The molecule has 158 valence electrons. The molecule has 0 spiro atoms. The predicted octanol–water partition coefficient (Wildman–Crippen LogP) is 6.93. The molecule has 0 radical (unpaired) electrons. The number of ether oxygens (including phenoxy) is 1. The Hall–Kier alpha value is -1.58. The Morgan fingerprint density at radius 3 is 2.72 bits per heavy atom. The first-order chi connectivity index (χ1) is 13.5. The van der Waals surface area contributed by atoms with Gasteiger partial charge in [0.15, 0.2) is 5.78 Å². The van der Waals surface area contributed by atoms with Crippen LogP contribution < -0.4 is 0 Å². The summed E-state index contributed by atoms with van der Waals surface area (Å²) in [4.78, 5) is 24.5. The molecule has 29 heavy (non-hydrogen) atoms. The van der Waals surface area contributed by atoms with Crippen LogP contribution in [0.5, 0.6) is 0 Å². The van der Waals surface area contributed by atoms with E-state index in [-0.39, 0.29) is 24.1 Å². The summed E-state index contributed by atoms with van der Waals surface area (Å²) in [7, 11) is 0. The van der Waals surface area contributed by atoms with Crippen LogP contribution in [0.15, 0.2) is 57.7 Å². The van der Waals surface area contributed by atoms with Crippen molar-refractivity contribution in [1.82, 2.24) is 0 Å². The van der Waals surface area contributed by atoms with E-state index < -0.39 is 5.60 Å². The molecule has 3 nitrogen and oxygen atoms in total. The van der Waals surface area contributed by atoms with Gasteiger partial charge < -0.3 is 4.74 Å². The molecule has 0 amide bonds. The largest absolute Gasteiger partial charge is 0.460 e. The Morgan fingerprint density at radius 1 is 1.31 bits per heavy atom. The molecule has 0 aromatic carbocycles. The minimum Gasteiger partial charge on any atom is -0.460 e. The van der Waals surface area contributed by atoms with Crippen molar-refractivity contribution < 1.29 is 14.3 Å². The number of allylic oxidation sites excluding steroid dienone is 9. The van der Waals surface area contributed by atoms with Gasteiger partial charge in [-0.1, -0.05) is 53.1 Å². The Bertz CT molecular complexity index is 791. The average molecular weight is 437 g/mol. The van der Waals surface area contributed by atoms with Crippen molar-refractivity contribution in [1.29, 1.82) is 0 Å². The second kappa shape index (κ2) is 10.4. The standard InChI is InChI=1S/C24H30Cl2O3/c1-16-8-11-21(25)20(22(26)12-16)14-18-7-5-6-17(9-10-19(27)13-18)15-23(28)29-24(2,3)4/h9-11,13,17H,1,5-8,12,14-15H2,2-4H3/b10-9?,18-13+. The lowest BCUT2D eigenvalue weighted by molar-refractivity contribution is -0.155. The fraction of sp³-hybridized carbons (Fsp3) is 0.500. The molecule has 0 saturated heterocycles. The highest BCUT2D eigenvalue weighted by atomic mass is 35.5. The van der Waals surface area contributed by atoms with Crippen LogP contribution in [0.1, 0.15) is 65.7 Å². The molecule has 2 rings (SSSR count). The Balaban J connectivity index is 2.06. The first-order valence-electron chi connectivity index (χ1n) is 10.1. The summed E-state index contributed by atoms with van der Waals surface area (Å²) >= 11 is 12.9. The highest BCUT2D eigenvalue weighted by molar-refractivity contribution is 6.35. The number of carbonyl (C=O) groups excluding carboxylic acids is 2. The van der Waals surface area contributed by atoms with Crippen LogP contribution in [0.3, 0.4) is 0 Å². The molecule has 1 unspecified atom stereocenters. The van der Waals surface area contributed by atoms with Crippen molar-refractivity contribution in [3.05, 3.63) is 57.7 Å². The molecule has 2 aliphatic rings. The summed E-state index contributed by atoms with van der Waals surface area (Å²) in [6, 6.07) is 0. The van der Waals surface area contributed by atoms with Crippen LogP contribution in [0, 0.1) is 5.92 Å². The van der Waals surface area contributed by atoms with E-state index >= 15 is 0 Å². The fourth-order valence-electron chi connectivity index (χ4n) is 3.44. The van der Waals surface area contributed by atoms with E-state index in [2.05, 4.69) is 6.58 Å². The van der Waals surface area contributed by atoms with Crippen LogP contribution in [0.25, 0.3) is 0 Å². The van der Waals surface area contributed by atoms with Crippen molar-refractivity contribution in [3.8, 4) is 0 Å². The van der Waals surface area contributed by atoms with Crippen molar-refractivity contribution in [3.63, 3.8) is 0 Å². The number of esters is 1. The first-order valence-corrected chi connectivity index (χ1v) is 10.8. The third kappa shape index (κ3) is 8.36. The van der Waals surface area contributed by atoms with E-state index in [0.29, 0.717) is 29.3 Å². The van der Waals surface area contributed by atoms with Gasteiger partial charge in [0.25, 0.3) is 0 Å². The van der Waals surface area contributed by atoms with Crippen molar-refractivity contribution in [2.75, 3.05) is 0 Å². The zero-order valence-corrected chi connectivity index (χ0v) is 19.0. The van der Waals surface area contributed by atoms with E-state index in [1.165, 1.54) is 0 Å². The molecule has 0 aromatic rings. The van der Waals surface area contributed by atoms with Gasteiger partial charge in [0, 0.05) is 16.5 Å². The summed E-state index contributed by atoms with van der Waals surface area (Å²) in [5.74, 6) is -0.320. The number of hydrogen-bond donors (Lipinski definition) is 0. The van der Waals surface area contributed by atoms with Crippen molar-refractivity contribution >= 4 is 35.0 Å². The minimum absolute atomic E-state index is 0.00552. The first kappa shape index (κ1) is 23.7. The lowest BCUT2D eigenvalue weighted by Gasteiger charge is -2.21.